The monoisotopic (exact) mass is 212 g/mol. The van der Waals surface area contributed by atoms with Gasteiger partial charge in [0.15, 0.2) is 5.16 Å². The molecule has 4 nitrogen and oxygen atoms in total. The van der Waals surface area contributed by atoms with Crippen LogP contribution in [0.5, 0.6) is 0 Å². The van der Waals surface area contributed by atoms with Gasteiger partial charge in [-0.15, -0.1) is 0 Å². The Hall–Kier alpha value is -0.650. The fourth-order valence-corrected chi connectivity index (χ4v) is 2.16. The molecule has 2 rings (SSSR count). The summed E-state index contributed by atoms with van der Waals surface area (Å²) in [5.74, 6) is 0. The first-order valence-electron chi connectivity index (χ1n) is 4.58. The highest BCUT2D eigenvalue weighted by atomic mass is 32.2. The first kappa shape index (κ1) is 9.89. The molecular weight excluding hydrogens is 200 g/mol. The number of rotatable bonds is 3. The lowest BCUT2D eigenvalue weighted by Gasteiger charge is -2.06. The summed E-state index contributed by atoms with van der Waals surface area (Å²) in [6.45, 7) is 0.831. The van der Waals surface area contributed by atoms with Gasteiger partial charge in [0, 0.05) is 24.6 Å². The minimum absolute atomic E-state index is 0.00905. The summed E-state index contributed by atoms with van der Waals surface area (Å²) in [7, 11) is 0. The molecule has 1 unspecified atom stereocenters. The zero-order chi connectivity index (χ0) is 9.80. The number of ether oxygens (including phenoxy) is 1. The third-order valence-electron chi connectivity index (χ3n) is 1.99. The van der Waals surface area contributed by atoms with Crippen LogP contribution in [-0.4, -0.2) is 27.1 Å². The van der Waals surface area contributed by atoms with Crippen LogP contribution in [0.2, 0.25) is 0 Å². The SMILES string of the molecule is OCc1cnc(SC2CCCO2)nc1. The van der Waals surface area contributed by atoms with Crippen molar-refractivity contribution in [3.63, 3.8) is 0 Å². The molecule has 0 bridgehead atoms. The van der Waals surface area contributed by atoms with Crippen molar-refractivity contribution in [2.24, 2.45) is 0 Å². The van der Waals surface area contributed by atoms with Crippen LogP contribution in [0.1, 0.15) is 18.4 Å². The summed E-state index contributed by atoms with van der Waals surface area (Å²) in [4.78, 5) is 8.25. The molecular formula is C9H12N2O2S. The number of hydrogen-bond acceptors (Lipinski definition) is 5. The molecule has 1 N–H and O–H groups in total. The van der Waals surface area contributed by atoms with Gasteiger partial charge in [-0.2, -0.15) is 0 Å². The molecule has 1 saturated heterocycles. The Kier molecular flexibility index (Phi) is 3.34. The summed E-state index contributed by atoms with van der Waals surface area (Å²) in [6, 6.07) is 0. The average Bonchev–Trinajstić information content (AvgIpc) is 2.72. The number of aliphatic hydroxyl groups is 1. The number of aliphatic hydroxyl groups excluding tert-OH is 1. The standard InChI is InChI=1S/C9H12N2O2S/c12-6-7-4-10-9(11-5-7)14-8-2-1-3-13-8/h4-5,8,12H,1-3,6H2. The highest BCUT2D eigenvalue weighted by Crippen LogP contribution is 2.27. The first-order chi connectivity index (χ1) is 6.88. The molecule has 0 radical (unpaired) electrons. The second kappa shape index (κ2) is 4.72. The van der Waals surface area contributed by atoms with Gasteiger partial charge < -0.3 is 9.84 Å². The highest BCUT2D eigenvalue weighted by molar-refractivity contribution is 7.99. The molecule has 5 heteroatoms. The molecule has 0 aromatic carbocycles. The first-order valence-corrected chi connectivity index (χ1v) is 5.46. The van der Waals surface area contributed by atoms with Crippen molar-refractivity contribution in [1.82, 2.24) is 9.97 Å². The Balaban J connectivity index is 1.95. The molecule has 0 aliphatic carbocycles. The van der Waals surface area contributed by atoms with E-state index in [1.165, 1.54) is 0 Å². The fourth-order valence-electron chi connectivity index (χ4n) is 1.24. The zero-order valence-electron chi connectivity index (χ0n) is 7.72. The second-order valence-corrected chi connectivity index (χ2v) is 4.22. The minimum Gasteiger partial charge on any atom is -0.392 e. The molecule has 0 saturated carbocycles. The third kappa shape index (κ3) is 2.43. The maximum absolute atomic E-state index is 8.80. The number of nitrogens with zero attached hydrogens (tertiary/aromatic N) is 2. The summed E-state index contributed by atoms with van der Waals surface area (Å²) in [5.41, 5.74) is 0.941. The van der Waals surface area contributed by atoms with E-state index in [4.69, 9.17) is 9.84 Å². The van der Waals surface area contributed by atoms with E-state index < -0.39 is 0 Å². The lowest BCUT2D eigenvalue weighted by Crippen LogP contribution is -2.00. The van der Waals surface area contributed by atoms with Crippen molar-refractivity contribution in [3.05, 3.63) is 18.0 Å². The summed E-state index contributed by atoms with van der Waals surface area (Å²) in [6.07, 6.45) is 5.47. The maximum Gasteiger partial charge on any atom is 0.190 e. The molecule has 1 aliphatic heterocycles. The van der Waals surface area contributed by atoms with Crippen LogP contribution in [0.3, 0.4) is 0 Å². The van der Waals surface area contributed by atoms with E-state index in [1.807, 2.05) is 0 Å². The molecule has 1 aromatic rings. The number of hydrogen-bond donors (Lipinski definition) is 1. The topological polar surface area (TPSA) is 55.2 Å². The van der Waals surface area contributed by atoms with Crippen molar-refractivity contribution in [2.45, 2.75) is 30.0 Å². The Morgan fingerprint density at radius 3 is 2.86 bits per heavy atom. The van der Waals surface area contributed by atoms with Crippen LogP contribution in [0, 0.1) is 0 Å². The maximum atomic E-state index is 8.80. The highest BCUT2D eigenvalue weighted by Gasteiger charge is 2.17. The van der Waals surface area contributed by atoms with E-state index in [1.54, 1.807) is 24.2 Å². The zero-order valence-corrected chi connectivity index (χ0v) is 8.54. The summed E-state index contributed by atoms with van der Waals surface area (Å²) < 4.78 is 5.45. The Morgan fingerprint density at radius 1 is 1.50 bits per heavy atom. The normalized spacial score (nSPS) is 21.4. The van der Waals surface area contributed by atoms with Crippen LogP contribution < -0.4 is 0 Å². The largest absolute Gasteiger partial charge is 0.392 e. The van der Waals surface area contributed by atoms with Crippen LogP contribution in [0.15, 0.2) is 17.6 Å². The Morgan fingerprint density at radius 2 is 2.29 bits per heavy atom. The second-order valence-electron chi connectivity index (χ2n) is 3.09. The predicted octanol–water partition coefficient (Wildman–Crippen LogP) is 1.20. The van der Waals surface area contributed by atoms with Crippen molar-refractivity contribution in [3.8, 4) is 0 Å². The van der Waals surface area contributed by atoms with E-state index in [0.29, 0.717) is 5.16 Å². The molecule has 1 aliphatic rings. The van der Waals surface area contributed by atoms with Crippen molar-refractivity contribution >= 4 is 11.8 Å². The summed E-state index contributed by atoms with van der Waals surface area (Å²) in [5, 5.41) is 9.52. The Bertz CT molecular complexity index is 285. The molecule has 14 heavy (non-hydrogen) atoms. The number of thioether (sulfide) groups is 1. The van der Waals surface area contributed by atoms with Crippen LogP contribution in [0.4, 0.5) is 0 Å². The van der Waals surface area contributed by atoms with Gasteiger partial charge in [-0.3, -0.25) is 0 Å². The van der Waals surface area contributed by atoms with Crippen molar-refractivity contribution in [2.75, 3.05) is 6.61 Å². The van der Waals surface area contributed by atoms with E-state index in [2.05, 4.69) is 9.97 Å². The molecule has 0 amide bonds. The number of aromatic nitrogens is 2. The smallest absolute Gasteiger partial charge is 0.190 e. The third-order valence-corrected chi connectivity index (χ3v) is 3.05. The van der Waals surface area contributed by atoms with Gasteiger partial charge in [0.25, 0.3) is 0 Å². The van der Waals surface area contributed by atoms with Gasteiger partial charge in [0.2, 0.25) is 0 Å². The van der Waals surface area contributed by atoms with E-state index in [-0.39, 0.29) is 12.0 Å². The molecule has 0 spiro atoms. The average molecular weight is 212 g/mol. The molecule has 2 heterocycles. The fraction of sp³-hybridized carbons (Fsp3) is 0.556. The van der Waals surface area contributed by atoms with Gasteiger partial charge in [0.05, 0.1) is 6.61 Å². The van der Waals surface area contributed by atoms with Gasteiger partial charge in [-0.1, -0.05) is 11.8 Å². The van der Waals surface area contributed by atoms with Gasteiger partial charge in [0.1, 0.15) is 5.44 Å². The van der Waals surface area contributed by atoms with Gasteiger partial charge in [-0.05, 0) is 12.8 Å². The van der Waals surface area contributed by atoms with Gasteiger partial charge in [-0.25, -0.2) is 9.97 Å². The van der Waals surface area contributed by atoms with E-state index in [9.17, 15) is 0 Å². The van der Waals surface area contributed by atoms with E-state index >= 15 is 0 Å². The minimum atomic E-state index is -0.00905. The van der Waals surface area contributed by atoms with Crippen LogP contribution in [0.25, 0.3) is 0 Å². The predicted molar refractivity (Wildman–Crippen MR) is 52.8 cm³/mol. The van der Waals surface area contributed by atoms with E-state index in [0.717, 1.165) is 25.0 Å². The summed E-state index contributed by atoms with van der Waals surface area (Å²) >= 11 is 1.54. The van der Waals surface area contributed by atoms with Crippen LogP contribution in [-0.2, 0) is 11.3 Å². The van der Waals surface area contributed by atoms with Crippen molar-refractivity contribution in [1.29, 1.82) is 0 Å². The molecule has 76 valence electrons. The molecule has 1 fully saturated rings. The molecule has 1 aromatic heterocycles. The molecule has 1 atom stereocenters. The van der Waals surface area contributed by atoms with Crippen molar-refractivity contribution < 1.29 is 9.84 Å². The Labute approximate surface area is 86.7 Å². The van der Waals surface area contributed by atoms with Crippen LogP contribution >= 0.6 is 11.8 Å². The lowest BCUT2D eigenvalue weighted by atomic mass is 10.4. The quantitative estimate of drug-likeness (QED) is 0.763. The lowest BCUT2D eigenvalue weighted by molar-refractivity contribution is 0.173. The van der Waals surface area contributed by atoms with Gasteiger partial charge >= 0.3 is 0 Å².